The molecule has 2 aromatic carbocycles. The lowest BCUT2D eigenvalue weighted by Crippen LogP contribution is -2.35. The summed E-state index contributed by atoms with van der Waals surface area (Å²) in [4.78, 5) is 39.1. The second kappa shape index (κ2) is 9.14. The van der Waals surface area contributed by atoms with Gasteiger partial charge in [-0.2, -0.15) is 0 Å². The number of aromatic nitrogens is 3. The molecule has 0 saturated carbocycles. The second-order valence-electron chi connectivity index (χ2n) is 8.11. The minimum absolute atomic E-state index is 0.181. The molecule has 4 rings (SSSR count). The highest BCUT2D eigenvalue weighted by molar-refractivity contribution is 5.92. The number of fused-ring (bicyclic) bond motifs is 1. The number of rotatable bonds is 6. The van der Waals surface area contributed by atoms with Crippen LogP contribution in [0.25, 0.3) is 10.9 Å². The fraction of sp³-hybridized carbons (Fsp3) is 0.231. The number of nitrogens with zero attached hydrogens (tertiary/aromatic N) is 3. The number of aromatic amines is 1. The van der Waals surface area contributed by atoms with E-state index in [-0.39, 0.29) is 23.7 Å². The molecule has 0 unspecified atom stereocenters. The molecule has 0 spiro atoms. The number of amides is 1. The Balaban J connectivity index is 1.69. The zero-order valence-corrected chi connectivity index (χ0v) is 18.6. The van der Waals surface area contributed by atoms with Gasteiger partial charge in [0.2, 0.25) is 0 Å². The molecule has 6 heteroatoms. The van der Waals surface area contributed by atoms with E-state index >= 15 is 0 Å². The first-order valence-corrected chi connectivity index (χ1v) is 10.7. The highest BCUT2D eigenvalue weighted by Gasteiger charge is 2.20. The van der Waals surface area contributed by atoms with Crippen molar-refractivity contribution in [1.29, 1.82) is 0 Å². The first kappa shape index (κ1) is 21.4. The van der Waals surface area contributed by atoms with Crippen LogP contribution in [0.15, 0.2) is 65.8 Å². The fourth-order valence-electron chi connectivity index (χ4n) is 3.91. The molecule has 0 aliphatic carbocycles. The standard InChI is InChI=1S/C26H26N4O2/c1-17-6-4-5-7-20(17)10-13-30(26(32)23-15-27-11-12-28-23)16-21-14-22-18(2)8-9-19(3)24(22)29-25(21)31/h4-9,11-12,14-15H,10,13,16H2,1-3H3,(H,29,31). The largest absolute Gasteiger partial charge is 0.332 e. The third-order valence-corrected chi connectivity index (χ3v) is 5.86. The van der Waals surface area contributed by atoms with Gasteiger partial charge in [0.25, 0.3) is 11.5 Å². The highest BCUT2D eigenvalue weighted by atomic mass is 16.2. The number of aryl methyl sites for hydroxylation is 3. The van der Waals surface area contributed by atoms with E-state index in [0.717, 1.165) is 22.0 Å². The normalized spacial score (nSPS) is 11.0. The summed E-state index contributed by atoms with van der Waals surface area (Å²) in [7, 11) is 0. The fourth-order valence-corrected chi connectivity index (χ4v) is 3.91. The molecular weight excluding hydrogens is 400 g/mol. The predicted molar refractivity (Wildman–Crippen MR) is 126 cm³/mol. The number of H-pyrrole nitrogens is 1. The van der Waals surface area contributed by atoms with Crippen molar-refractivity contribution in [1.82, 2.24) is 19.9 Å². The van der Waals surface area contributed by atoms with Crippen molar-refractivity contribution in [2.45, 2.75) is 33.7 Å². The molecule has 0 radical (unpaired) electrons. The van der Waals surface area contributed by atoms with Gasteiger partial charge in [-0.15, -0.1) is 0 Å². The summed E-state index contributed by atoms with van der Waals surface area (Å²) >= 11 is 0. The Morgan fingerprint density at radius 3 is 2.50 bits per heavy atom. The van der Waals surface area contributed by atoms with Crippen LogP contribution in [-0.4, -0.2) is 32.3 Å². The van der Waals surface area contributed by atoms with Gasteiger partial charge in [-0.25, -0.2) is 4.98 Å². The Hall–Kier alpha value is -3.80. The zero-order chi connectivity index (χ0) is 22.7. The van der Waals surface area contributed by atoms with Gasteiger partial charge >= 0.3 is 0 Å². The summed E-state index contributed by atoms with van der Waals surface area (Å²) in [5, 5.41) is 0.991. The summed E-state index contributed by atoms with van der Waals surface area (Å²) in [5.74, 6) is -0.243. The molecule has 0 atom stereocenters. The van der Waals surface area contributed by atoms with Crippen LogP contribution in [0.3, 0.4) is 0 Å². The summed E-state index contributed by atoms with van der Waals surface area (Å²) < 4.78 is 0. The molecule has 0 aliphatic rings. The molecular formula is C26H26N4O2. The van der Waals surface area contributed by atoms with E-state index in [1.165, 1.54) is 29.7 Å². The molecule has 1 N–H and O–H groups in total. The molecule has 6 nitrogen and oxygen atoms in total. The third kappa shape index (κ3) is 4.44. The van der Waals surface area contributed by atoms with Crippen LogP contribution in [0.1, 0.15) is 38.3 Å². The lowest BCUT2D eigenvalue weighted by atomic mass is 10.0. The molecule has 1 amide bonds. The van der Waals surface area contributed by atoms with Crippen LogP contribution < -0.4 is 5.56 Å². The lowest BCUT2D eigenvalue weighted by Gasteiger charge is -2.23. The maximum Gasteiger partial charge on any atom is 0.274 e. The van der Waals surface area contributed by atoms with Crippen molar-refractivity contribution in [3.63, 3.8) is 0 Å². The highest BCUT2D eigenvalue weighted by Crippen LogP contribution is 2.20. The molecule has 2 aromatic heterocycles. The minimum Gasteiger partial charge on any atom is -0.332 e. The zero-order valence-electron chi connectivity index (χ0n) is 18.6. The van der Waals surface area contributed by atoms with Crippen LogP contribution >= 0.6 is 0 Å². The number of carbonyl (C=O) groups excluding carboxylic acids is 1. The predicted octanol–water partition coefficient (Wildman–Crippen LogP) is 4.13. The van der Waals surface area contributed by atoms with Gasteiger partial charge in [-0.05, 0) is 55.5 Å². The average Bonchev–Trinajstić information content (AvgIpc) is 2.81. The van der Waals surface area contributed by atoms with Gasteiger partial charge in [0.05, 0.1) is 18.3 Å². The van der Waals surface area contributed by atoms with Crippen molar-refractivity contribution < 1.29 is 4.79 Å². The van der Waals surface area contributed by atoms with Crippen molar-refractivity contribution in [3.8, 4) is 0 Å². The molecule has 2 heterocycles. The van der Waals surface area contributed by atoms with E-state index in [0.29, 0.717) is 18.5 Å². The summed E-state index contributed by atoms with van der Waals surface area (Å²) in [5.41, 5.74) is 5.91. The summed E-state index contributed by atoms with van der Waals surface area (Å²) in [6.45, 7) is 6.71. The number of hydrogen-bond donors (Lipinski definition) is 1. The van der Waals surface area contributed by atoms with Gasteiger partial charge < -0.3 is 9.88 Å². The number of nitrogens with one attached hydrogen (secondary N) is 1. The Morgan fingerprint density at radius 2 is 1.75 bits per heavy atom. The topological polar surface area (TPSA) is 79.0 Å². The molecule has 0 bridgehead atoms. The first-order chi connectivity index (χ1) is 15.4. The Kier molecular flexibility index (Phi) is 6.12. The van der Waals surface area contributed by atoms with E-state index < -0.39 is 0 Å². The van der Waals surface area contributed by atoms with Crippen LogP contribution in [0.4, 0.5) is 0 Å². The van der Waals surface area contributed by atoms with Crippen LogP contribution in [0.2, 0.25) is 0 Å². The molecule has 162 valence electrons. The second-order valence-corrected chi connectivity index (χ2v) is 8.11. The van der Waals surface area contributed by atoms with E-state index in [4.69, 9.17) is 0 Å². The van der Waals surface area contributed by atoms with Crippen LogP contribution in [0.5, 0.6) is 0 Å². The van der Waals surface area contributed by atoms with Crippen molar-refractivity contribution in [2.75, 3.05) is 6.54 Å². The van der Waals surface area contributed by atoms with Crippen molar-refractivity contribution in [2.24, 2.45) is 0 Å². The van der Waals surface area contributed by atoms with Gasteiger partial charge in [0, 0.05) is 29.9 Å². The quantitative estimate of drug-likeness (QED) is 0.503. The SMILES string of the molecule is Cc1ccccc1CCN(Cc1cc2c(C)ccc(C)c2[nH]c1=O)C(=O)c1cnccn1. The Morgan fingerprint density at radius 1 is 0.969 bits per heavy atom. The van der Waals surface area contributed by atoms with Gasteiger partial charge in [-0.3, -0.25) is 14.6 Å². The molecule has 4 aromatic rings. The molecule has 32 heavy (non-hydrogen) atoms. The van der Waals surface area contributed by atoms with Gasteiger partial charge in [0.1, 0.15) is 5.69 Å². The maximum atomic E-state index is 13.3. The smallest absolute Gasteiger partial charge is 0.274 e. The number of benzene rings is 2. The Bertz CT molecular complexity index is 1330. The third-order valence-electron chi connectivity index (χ3n) is 5.86. The summed E-state index contributed by atoms with van der Waals surface area (Å²) in [6, 6.07) is 14.1. The van der Waals surface area contributed by atoms with E-state index in [1.54, 1.807) is 4.90 Å². The molecule has 0 fully saturated rings. The van der Waals surface area contributed by atoms with Crippen LogP contribution in [0, 0.1) is 20.8 Å². The van der Waals surface area contributed by atoms with Gasteiger partial charge in [0.15, 0.2) is 0 Å². The molecule has 0 aliphatic heterocycles. The Labute approximate surface area is 187 Å². The number of pyridine rings is 1. The monoisotopic (exact) mass is 426 g/mol. The maximum absolute atomic E-state index is 13.3. The van der Waals surface area contributed by atoms with Gasteiger partial charge in [-0.1, -0.05) is 36.4 Å². The van der Waals surface area contributed by atoms with E-state index in [9.17, 15) is 9.59 Å². The van der Waals surface area contributed by atoms with Crippen molar-refractivity contribution in [3.05, 3.63) is 105 Å². The first-order valence-electron chi connectivity index (χ1n) is 10.7. The van der Waals surface area contributed by atoms with Crippen LogP contribution in [-0.2, 0) is 13.0 Å². The van der Waals surface area contributed by atoms with E-state index in [2.05, 4.69) is 34.0 Å². The lowest BCUT2D eigenvalue weighted by molar-refractivity contribution is 0.0738. The minimum atomic E-state index is -0.243. The number of carbonyl (C=O) groups is 1. The van der Waals surface area contributed by atoms with E-state index in [1.807, 2.05) is 44.2 Å². The van der Waals surface area contributed by atoms with Crippen molar-refractivity contribution >= 4 is 16.8 Å². The number of hydrogen-bond acceptors (Lipinski definition) is 4. The molecule has 0 saturated heterocycles. The summed E-state index contributed by atoms with van der Waals surface area (Å²) in [6.07, 6.45) is 5.18. The average molecular weight is 427 g/mol.